The van der Waals surface area contributed by atoms with E-state index in [4.69, 9.17) is 5.73 Å². The third kappa shape index (κ3) is 3.22. The Labute approximate surface area is 124 Å². The summed E-state index contributed by atoms with van der Waals surface area (Å²) in [5, 5.41) is 3.34. The number of hydrogen-bond acceptors (Lipinski definition) is 6. The lowest BCUT2D eigenvalue weighted by atomic mass is 10.2. The topological polar surface area (TPSA) is 70.3 Å². The second kappa shape index (κ2) is 5.97. The number of aromatic nitrogens is 2. The molecule has 1 aromatic carbocycles. The molecule has 2 aromatic rings. The van der Waals surface area contributed by atoms with Gasteiger partial charge < -0.3 is 20.9 Å². The molecular formula is C15H20N6. The van der Waals surface area contributed by atoms with Crippen LogP contribution < -0.4 is 16.0 Å². The van der Waals surface area contributed by atoms with Gasteiger partial charge in [0.2, 0.25) is 5.95 Å². The smallest absolute Gasteiger partial charge is 0.222 e. The van der Waals surface area contributed by atoms with E-state index in [0.29, 0.717) is 0 Å². The predicted molar refractivity (Wildman–Crippen MR) is 85.9 cm³/mol. The van der Waals surface area contributed by atoms with Gasteiger partial charge in [-0.3, -0.25) is 0 Å². The highest BCUT2D eigenvalue weighted by Crippen LogP contribution is 2.27. The molecule has 2 heterocycles. The maximum atomic E-state index is 5.74. The Balaban J connectivity index is 1.86. The Bertz CT molecular complexity index is 592. The van der Waals surface area contributed by atoms with Crippen molar-refractivity contribution in [2.24, 2.45) is 0 Å². The Morgan fingerprint density at radius 2 is 1.81 bits per heavy atom. The summed E-state index contributed by atoms with van der Waals surface area (Å²) in [6, 6.07) is 9.98. The number of nitrogen functional groups attached to an aromatic ring is 1. The molecule has 1 aliphatic heterocycles. The average molecular weight is 284 g/mol. The van der Waals surface area contributed by atoms with Gasteiger partial charge in [-0.05, 0) is 19.2 Å². The Hall–Kier alpha value is -2.34. The van der Waals surface area contributed by atoms with Crippen molar-refractivity contribution in [2.75, 3.05) is 49.2 Å². The van der Waals surface area contributed by atoms with Crippen LogP contribution in [-0.4, -0.2) is 48.1 Å². The maximum absolute atomic E-state index is 5.74. The summed E-state index contributed by atoms with van der Waals surface area (Å²) in [6.07, 6.45) is 1.80. The molecule has 3 N–H and O–H groups in total. The first-order chi connectivity index (χ1) is 10.2. The minimum Gasteiger partial charge on any atom is -0.368 e. The molecule has 110 valence electrons. The molecule has 1 fully saturated rings. The van der Waals surface area contributed by atoms with E-state index in [2.05, 4.69) is 32.1 Å². The van der Waals surface area contributed by atoms with Crippen LogP contribution in [0.4, 0.5) is 23.1 Å². The van der Waals surface area contributed by atoms with E-state index < -0.39 is 0 Å². The number of hydrogen-bond donors (Lipinski definition) is 2. The molecule has 6 nitrogen and oxygen atoms in total. The van der Waals surface area contributed by atoms with Crippen molar-refractivity contribution in [3.63, 3.8) is 0 Å². The van der Waals surface area contributed by atoms with Crippen LogP contribution in [0.2, 0.25) is 0 Å². The summed E-state index contributed by atoms with van der Waals surface area (Å²) in [6.45, 7) is 4.00. The summed E-state index contributed by atoms with van der Waals surface area (Å²) in [5.74, 6) is 1.05. The molecule has 0 unspecified atom stereocenters. The van der Waals surface area contributed by atoms with E-state index in [-0.39, 0.29) is 5.95 Å². The molecule has 3 rings (SSSR count). The third-order valence-electron chi connectivity index (χ3n) is 3.67. The van der Waals surface area contributed by atoms with Crippen molar-refractivity contribution in [1.29, 1.82) is 0 Å². The quantitative estimate of drug-likeness (QED) is 0.891. The van der Waals surface area contributed by atoms with E-state index in [1.54, 1.807) is 6.20 Å². The fourth-order valence-electron chi connectivity index (χ4n) is 2.42. The Morgan fingerprint density at radius 3 is 2.52 bits per heavy atom. The number of nitrogens with one attached hydrogen (secondary N) is 1. The SMILES string of the molecule is CN1CCN(c2cnc(N)nc2Nc2ccccc2)CC1. The van der Waals surface area contributed by atoms with E-state index in [9.17, 15) is 0 Å². The van der Waals surface area contributed by atoms with Crippen LogP contribution >= 0.6 is 0 Å². The second-order valence-corrected chi connectivity index (χ2v) is 5.24. The molecular weight excluding hydrogens is 264 g/mol. The van der Waals surface area contributed by atoms with Gasteiger partial charge in [0.1, 0.15) is 0 Å². The molecule has 0 atom stereocenters. The van der Waals surface area contributed by atoms with Crippen molar-refractivity contribution >= 4 is 23.1 Å². The molecule has 0 spiro atoms. The van der Waals surface area contributed by atoms with Crippen molar-refractivity contribution in [2.45, 2.75) is 0 Å². The molecule has 0 bridgehead atoms. The van der Waals surface area contributed by atoms with Crippen LogP contribution in [0.5, 0.6) is 0 Å². The summed E-state index contributed by atoms with van der Waals surface area (Å²) in [7, 11) is 2.14. The van der Waals surface area contributed by atoms with E-state index in [1.807, 2.05) is 30.3 Å². The molecule has 1 aromatic heterocycles. The monoisotopic (exact) mass is 284 g/mol. The van der Waals surface area contributed by atoms with Crippen LogP contribution in [0.25, 0.3) is 0 Å². The van der Waals surface area contributed by atoms with E-state index in [0.717, 1.165) is 43.4 Å². The zero-order valence-corrected chi connectivity index (χ0v) is 12.2. The highest BCUT2D eigenvalue weighted by atomic mass is 15.3. The van der Waals surface area contributed by atoms with Gasteiger partial charge in [-0.2, -0.15) is 4.98 Å². The molecule has 0 amide bonds. The van der Waals surface area contributed by atoms with Crippen molar-refractivity contribution < 1.29 is 0 Å². The normalized spacial score (nSPS) is 16.0. The molecule has 1 saturated heterocycles. The largest absolute Gasteiger partial charge is 0.368 e. The number of piperazine rings is 1. The van der Waals surface area contributed by atoms with Gasteiger partial charge >= 0.3 is 0 Å². The zero-order valence-electron chi connectivity index (χ0n) is 12.2. The van der Waals surface area contributed by atoms with E-state index in [1.165, 1.54) is 0 Å². The van der Waals surface area contributed by atoms with Crippen molar-refractivity contribution in [3.8, 4) is 0 Å². The van der Waals surface area contributed by atoms with Gasteiger partial charge in [-0.1, -0.05) is 18.2 Å². The number of anilines is 4. The molecule has 1 aliphatic rings. The molecule has 0 aliphatic carbocycles. The summed E-state index contributed by atoms with van der Waals surface area (Å²) < 4.78 is 0. The van der Waals surface area contributed by atoms with Crippen molar-refractivity contribution in [3.05, 3.63) is 36.5 Å². The first kappa shape index (κ1) is 13.6. The lowest BCUT2D eigenvalue weighted by Crippen LogP contribution is -2.44. The number of benzene rings is 1. The number of para-hydroxylation sites is 1. The molecule has 0 radical (unpaired) electrons. The maximum Gasteiger partial charge on any atom is 0.222 e. The first-order valence-corrected chi connectivity index (χ1v) is 7.10. The van der Waals surface area contributed by atoms with Crippen LogP contribution in [0.15, 0.2) is 36.5 Å². The lowest BCUT2D eigenvalue weighted by Gasteiger charge is -2.34. The van der Waals surface area contributed by atoms with Gasteiger partial charge in [0, 0.05) is 31.9 Å². The van der Waals surface area contributed by atoms with Crippen LogP contribution in [0.3, 0.4) is 0 Å². The molecule has 6 heteroatoms. The zero-order chi connectivity index (χ0) is 14.7. The average Bonchev–Trinajstić information content (AvgIpc) is 2.50. The third-order valence-corrected chi connectivity index (χ3v) is 3.67. The van der Waals surface area contributed by atoms with Gasteiger partial charge in [-0.15, -0.1) is 0 Å². The number of nitrogens with two attached hydrogens (primary N) is 1. The van der Waals surface area contributed by atoms with Crippen LogP contribution in [0, 0.1) is 0 Å². The fraction of sp³-hybridized carbons (Fsp3) is 0.333. The highest BCUT2D eigenvalue weighted by Gasteiger charge is 2.18. The fourth-order valence-corrected chi connectivity index (χ4v) is 2.42. The summed E-state index contributed by atoms with van der Waals surface area (Å²) in [4.78, 5) is 13.1. The summed E-state index contributed by atoms with van der Waals surface area (Å²) >= 11 is 0. The van der Waals surface area contributed by atoms with E-state index >= 15 is 0 Å². The van der Waals surface area contributed by atoms with Gasteiger partial charge in [0.05, 0.1) is 11.9 Å². The van der Waals surface area contributed by atoms with Gasteiger partial charge in [-0.25, -0.2) is 4.98 Å². The number of nitrogens with zero attached hydrogens (tertiary/aromatic N) is 4. The molecule has 0 saturated carbocycles. The standard InChI is InChI=1S/C15H20N6/c1-20-7-9-21(10-8-20)13-11-17-15(16)19-14(13)18-12-5-3-2-4-6-12/h2-6,11H,7-10H2,1H3,(H3,16,17,18,19). The lowest BCUT2D eigenvalue weighted by molar-refractivity contribution is 0.313. The van der Waals surface area contributed by atoms with Crippen LogP contribution in [-0.2, 0) is 0 Å². The highest BCUT2D eigenvalue weighted by molar-refractivity contribution is 5.72. The van der Waals surface area contributed by atoms with Crippen molar-refractivity contribution in [1.82, 2.24) is 14.9 Å². The van der Waals surface area contributed by atoms with Gasteiger partial charge in [0.15, 0.2) is 5.82 Å². The predicted octanol–water partition coefficient (Wildman–Crippen LogP) is 1.55. The van der Waals surface area contributed by atoms with Gasteiger partial charge in [0.25, 0.3) is 0 Å². The summed E-state index contributed by atoms with van der Waals surface area (Å²) in [5.41, 5.74) is 7.74. The Morgan fingerprint density at radius 1 is 1.10 bits per heavy atom. The number of rotatable bonds is 3. The second-order valence-electron chi connectivity index (χ2n) is 5.24. The minimum absolute atomic E-state index is 0.284. The van der Waals surface area contributed by atoms with Crippen LogP contribution in [0.1, 0.15) is 0 Å². The molecule has 21 heavy (non-hydrogen) atoms. The Kier molecular flexibility index (Phi) is 3.87. The number of likely N-dealkylation sites (N-methyl/N-ethyl adjacent to an activating group) is 1. The first-order valence-electron chi connectivity index (χ1n) is 7.10. The minimum atomic E-state index is 0.284.